The van der Waals surface area contributed by atoms with Crippen molar-refractivity contribution in [2.75, 3.05) is 18.5 Å². The highest BCUT2D eigenvalue weighted by Gasteiger charge is 2.21. The van der Waals surface area contributed by atoms with Gasteiger partial charge < -0.3 is 14.6 Å². The second kappa shape index (κ2) is 12.6. The highest BCUT2D eigenvalue weighted by molar-refractivity contribution is 5.66. The van der Waals surface area contributed by atoms with Crippen molar-refractivity contribution in [2.24, 2.45) is 0 Å². The fourth-order valence-electron chi connectivity index (χ4n) is 2.96. The van der Waals surface area contributed by atoms with Crippen LogP contribution >= 0.6 is 0 Å². The molecule has 3 aromatic rings. The predicted molar refractivity (Wildman–Crippen MR) is 129 cm³/mol. The first kappa shape index (κ1) is 25.0. The number of hydrogen-bond acceptors (Lipinski definition) is 7. The Labute approximate surface area is 191 Å². The molecule has 0 aliphatic carbocycles. The number of nitrogens with one attached hydrogen (secondary N) is 1. The minimum absolute atomic E-state index is 0.0961. The topological polar surface area (TPSA) is 86.0 Å². The second-order valence-electron chi connectivity index (χ2n) is 8.27. The molecular formula is C25H35N5O2. The van der Waals surface area contributed by atoms with Crippen molar-refractivity contribution in [3.05, 3.63) is 61.5 Å². The molecule has 32 heavy (non-hydrogen) atoms. The molecule has 0 amide bonds. The average Bonchev–Trinajstić information content (AvgIpc) is 3.28. The Balaban J connectivity index is 0.00000176. The minimum Gasteiger partial charge on any atom is -0.464 e. The van der Waals surface area contributed by atoms with E-state index < -0.39 is 0 Å². The van der Waals surface area contributed by atoms with Crippen LogP contribution in [0.1, 0.15) is 58.7 Å². The zero-order valence-corrected chi connectivity index (χ0v) is 19.7. The molecule has 0 aliphatic heterocycles. The average molecular weight is 438 g/mol. The summed E-state index contributed by atoms with van der Waals surface area (Å²) in [5.74, 6) is 1.51. The molecule has 0 unspecified atom stereocenters. The van der Waals surface area contributed by atoms with E-state index in [1.165, 1.54) is 0 Å². The lowest BCUT2D eigenvalue weighted by atomic mass is 9.97. The number of nitrogens with zero attached hydrogens (tertiary/aromatic N) is 4. The predicted octanol–water partition coefficient (Wildman–Crippen LogP) is 5.85. The van der Waals surface area contributed by atoms with E-state index in [0.29, 0.717) is 18.5 Å². The van der Waals surface area contributed by atoms with Gasteiger partial charge in [-0.15, -0.1) is 13.2 Å². The molecule has 0 atom stereocenters. The zero-order valence-electron chi connectivity index (χ0n) is 19.7. The Bertz CT molecular complexity index is 932. The van der Waals surface area contributed by atoms with Crippen molar-refractivity contribution in [3.63, 3.8) is 0 Å². The number of aryl methyl sites for hydroxylation is 1. The number of hydrogen-bond donors (Lipinski definition) is 1. The highest BCUT2D eigenvalue weighted by atomic mass is 16.5. The quantitative estimate of drug-likeness (QED) is 0.314. The van der Waals surface area contributed by atoms with Crippen molar-refractivity contribution in [3.8, 4) is 17.1 Å². The van der Waals surface area contributed by atoms with Crippen LogP contribution in [-0.4, -0.2) is 33.3 Å². The van der Waals surface area contributed by atoms with Gasteiger partial charge in [-0.1, -0.05) is 44.5 Å². The summed E-state index contributed by atoms with van der Waals surface area (Å²) in [5.41, 5.74) is 3.04. The molecule has 7 nitrogen and oxygen atoms in total. The van der Waals surface area contributed by atoms with Gasteiger partial charge in [0.1, 0.15) is 0 Å². The number of unbranched alkanes of at least 4 members (excludes halogenated alkanes) is 2. The lowest BCUT2D eigenvalue weighted by molar-refractivity contribution is 0.312. The summed E-state index contributed by atoms with van der Waals surface area (Å²) in [6.07, 6.45) is 7.68. The number of rotatable bonds is 10. The van der Waals surface area contributed by atoms with Crippen molar-refractivity contribution >= 4 is 5.69 Å². The van der Waals surface area contributed by atoms with E-state index in [4.69, 9.17) is 9.26 Å². The Hall–Kier alpha value is -3.22. The number of ether oxygens (including phenoxy) is 1. The van der Waals surface area contributed by atoms with Crippen LogP contribution in [0.5, 0.6) is 6.01 Å². The third-order valence-electron chi connectivity index (χ3n) is 4.61. The second-order valence-corrected chi connectivity index (χ2v) is 8.27. The number of aromatic nitrogens is 4. The Morgan fingerprint density at radius 3 is 2.44 bits per heavy atom. The fourth-order valence-corrected chi connectivity index (χ4v) is 2.96. The van der Waals surface area contributed by atoms with Crippen molar-refractivity contribution in [1.29, 1.82) is 0 Å². The maximum absolute atomic E-state index is 5.34. The van der Waals surface area contributed by atoms with Crippen molar-refractivity contribution in [1.82, 2.24) is 20.1 Å². The molecule has 1 N–H and O–H groups in total. The van der Waals surface area contributed by atoms with Crippen molar-refractivity contribution < 1.29 is 9.26 Å². The third kappa shape index (κ3) is 7.80. The maximum Gasteiger partial charge on any atom is 0.316 e. The van der Waals surface area contributed by atoms with Crippen LogP contribution < -0.4 is 10.1 Å². The lowest BCUT2D eigenvalue weighted by Gasteiger charge is -2.10. The first-order valence-electron chi connectivity index (χ1n) is 11.1. The molecule has 2 aromatic heterocycles. The van der Waals surface area contributed by atoms with E-state index in [0.717, 1.165) is 54.9 Å². The molecule has 0 aliphatic rings. The summed E-state index contributed by atoms with van der Waals surface area (Å²) in [5, 5.41) is 7.58. The molecule has 1 aromatic carbocycles. The molecule has 0 fully saturated rings. The minimum atomic E-state index is -0.0961. The van der Waals surface area contributed by atoms with Crippen LogP contribution in [0.2, 0.25) is 0 Å². The van der Waals surface area contributed by atoms with Gasteiger partial charge >= 0.3 is 6.01 Å². The van der Waals surface area contributed by atoms with Crippen molar-refractivity contribution in [2.45, 2.75) is 58.8 Å². The third-order valence-corrected chi connectivity index (χ3v) is 4.61. The zero-order chi connectivity index (χ0) is 23.4. The largest absolute Gasteiger partial charge is 0.464 e. The van der Waals surface area contributed by atoms with Gasteiger partial charge in [-0.3, -0.25) is 0 Å². The number of anilines is 1. The van der Waals surface area contributed by atoms with Gasteiger partial charge in [0.15, 0.2) is 5.82 Å². The summed E-state index contributed by atoms with van der Waals surface area (Å²) in [6.45, 7) is 15.6. The molecule has 0 bridgehead atoms. The molecule has 7 heteroatoms. The van der Waals surface area contributed by atoms with E-state index >= 15 is 0 Å². The first-order valence-corrected chi connectivity index (χ1v) is 11.1. The van der Waals surface area contributed by atoms with Gasteiger partial charge in [-0.25, -0.2) is 9.97 Å². The van der Waals surface area contributed by atoms with Gasteiger partial charge in [0.05, 0.1) is 6.61 Å². The van der Waals surface area contributed by atoms with Gasteiger partial charge in [0.2, 0.25) is 5.89 Å². The van der Waals surface area contributed by atoms with Crippen LogP contribution in [0, 0.1) is 0 Å². The molecule has 0 saturated heterocycles. The summed E-state index contributed by atoms with van der Waals surface area (Å²) < 4.78 is 10.6. The monoisotopic (exact) mass is 437 g/mol. The molecule has 0 spiro atoms. The molecular weight excluding hydrogens is 402 g/mol. The van der Waals surface area contributed by atoms with Crippen LogP contribution in [0.15, 0.2) is 54.3 Å². The summed E-state index contributed by atoms with van der Waals surface area (Å²) in [4.78, 5) is 13.0. The first-order chi connectivity index (χ1) is 15.5. The van der Waals surface area contributed by atoms with Gasteiger partial charge in [-0.05, 0) is 37.5 Å². The smallest absolute Gasteiger partial charge is 0.316 e. The fraction of sp³-hybridized carbons (Fsp3) is 0.440. The Morgan fingerprint density at radius 2 is 1.78 bits per heavy atom. The summed E-state index contributed by atoms with van der Waals surface area (Å²) >= 11 is 0. The van der Waals surface area contributed by atoms with E-state index in [1.807, 2.05) is 13.0 Å². The van der Waals surface area contributed by atoms with E-state index in [9.17, 15) is 0 Å². The van der Waals surface area contributed by atoms with Crippen LogP contribution in [0.3, 0.4) is 0 Å². The van der Waals surface area contributed by atoms with Gasteiger partial charge in [0, 0.05) is 42.0 Å². The van der Waals surface area contributed by atoms with Crippen LogP contribution in [0.25, 0.3) is 11.1 Å². The standard InChI is InChI=1S/C23H31N5O2.C2H4/c1-5-29-22-25-15-18(16-26-22)17-10-9-11-19(14-17)24-13-8-6-7-12-20-27-21(30-28-20)23(2,3)4;1-2/h9-11,14-16,24H,5-8,12-13H2,1-4H3;1-2H2. The molecule has 2 heterocycles. The molecule has 3 rings (SSSR count). The molecule has 0 radical (unpaired) electrons. The molecule has 0 saturated carbocycles. The maximum atomic E-state index is 5.34. The molecule has 172 valence electrons. The highest BCUT2D eigenvalue weighted by Crippen LogP contribution is 2.23. The number of benzene rings is 1. The lowest BCUT2D eigenvalue weighted by Crippen LogP contribution is -2.11. The van der Waals surface area contributed by atoms with Crippen LogP contribution in [-0.2, 0) is 11.8 Å². The van der Waals surface area contributed by atoms with Crippen LogP contribution in [0.4, 0.5) is 5.69 Å². The van der Waals surface area contributed by atoms with Gasteiger partial charge in [0.25, 0.3) is 0 Å². The SMILES string of the molecule is C=C.CCOc1ncc(-c2cccc(NCCCCCc3noc(C(C)(C)C)n3)c2)cn1. The normalized spacial score (nSPS) is 10.9. The van der Waals surface area contributed by atoms with E-state index in [-0.39, 0.29) is 5.41 Å². The summed E-state index contributed by atoms with van der Waals surface area (Å²) in [6, 6.07) is 8.70. The summed E-state index contributed by atoms with van der Waals surface area (Å²) in [7, 11) is 0. The van der Waals surface area contributed by atoms with Gasteiger partial charge in [-0.2, -0.15) is 4.98 Å². The Kier molecular flexibility index (Phi) is 9.85. The van der Waals surface area contributed by atoms with E-state index in [2.05, 4.69) is 77.6 Å². The van der Waals surface area contributed by atoms with E-state index in [1.54, 1.807) is 12.4 Å². The Morgan fingerprint density at radius 1 is 1.03 bits per heavy atom.